The van der Waals surface area contributed by atoms with Gasteiger partial charge < -0.3 is 20.5 Å². The molecule has 1 amide bonds. The molecular weight excluding hydrogens is 462 g/mol. The molecule has 3 rings (SSSR count). The van der Waals surface area contributed by atoms with E-state index in [1.165, 1.54) is 0 Å². The topological polar surface area (TPSA) is 143 Å². The van der Waals surface area contributed by atoms with Crippen LogP contribution in [0.15, 0.2) is 52.4 Å². The van der Waals surface area contributed by atoms with E-state index >= 15 is 0 Å². The van der Waals surface area contributed by atoms with Crippen molar-refractivity contribution in [3.63, 3.8) is 0 Å². The number of Topliss-reactive ketones (excluding diaryl/α,β-unsaturated/α-hetero) is 1. The van der Waals surface area contributed by atoms with Crippen LogP contribution in [-0.4, -0.2) is 46.0 Å². The van der Waals surface area contributed by atoms with Gasteiger partial charge in [-0.1, -0.05) is 24.3 Å². The molecule has 36 heavy (non-hydrogen) atoms. The number of benzene rings is 2. The maximum absolute atomic E-state index is 13.6. The summed E-state index contributed by atoms with van der Waals surface area (Å²) in [4.78, 5) is 59.6. The van der Waals surface area contributed by atoms with Crippen molar-refractivity contribution in [1.29, 1.82) is 0 Å². The van der Waals surface area contributed by atoms with E-state index in [-0.39, 0.29) is 5.69 Å². The van der Waals surface area contributed by atoms with Gasteiger partial charge in [0.1, 0.15) is 11.6 Å². The van der Waals surface area contributed by atoms with Gasteiger partial charge in [0.2, 0.25) is 5.78 Å². The second-order valence-electron chi connectivity index (χ2n) is 9.39. The number of aromatic amines is 1. The summed E-state index contributed by atoms with van der Waals surface area (Å²) in [5, 5.41) is 6.69. The van der Waals surface area contributed by atoms with Crippen LogP contribution in [0.1, 0.15) is 43.5 Å². The summed E-state index contributed by atoms with van der Waals surface area (Å²) >= 11 is 0. The second-order valence-corrected chi connectivity index (χ2v) is 9.39. The van der Waals surface area contributed by atoms with Gasteiger partial charge >= 0.3 is 5.97 Å². The van der Waals surface area contributed by atoms with Gasteiger partial charge in [0, 0.05) is 11.2 Å². The van der Waals surface area contributed by atoms with Gasteiger partial charge in [-0.15, -0.1) is 0 Å². The Balaban J connectivity index is 2.18. The zero-order chi connectivity index (χ0) is 26.6. The Labute approximate surface area is 208 Å². The molecule has 0 radical (unpaired) electrons. The molecule has 10 heteroatoms. The number of nitrogens with zero attached hydrogens (tertiary/aromatic N) is 2. The Hall–Kier alpha value is -4.34. The minimum absolute atomic E-state index is 0.352. The highest BCUT2D eigenvalue weighted by molar-refractivity contribution is 6.53. The van der Waals surface area contributed by atoms with Gasteiger partial charge in [0.05, 0.1) is 18.1 Å². The molecule has 0 saturated heterocycles. The van der Waals surface area contributed by atoms with E-state index in [2.05, 4.69) is 25.8 Å². The van der Waals surface area contributed by atoms with E-state index in [1.807, 2.05) is 13.0 Å². The first-order valence-corrected chi connectivity index (χ1v) is 11.3. The number of para-hydroxylation sites is 2. The third kappa shape index (κ3) is 6.01. The Morgan fingerprint density at radius 3 is 2.44 bits per heavy atom. The molecule has 1 atom stereocenters. The van der Waals surface area contributed by atoms with Gasteiger partial charge in [0.25, 0.3) is 11.5 Å². The van der Waals surface area contributed by atoms with Crippen LogP contribution < -0.4 is 16.3 Å². The minimum atomic E-state index is -1.73. The number of ketones is 1. The van der Waals surface area contributed by atoms with Crippen LogP contribution in [-0.2, 0) is 19.1 Å². The maximum Gasteiger partial charge on any atom is 0.355 e. The van der Waals surface area contributed by atoms with E-state index < -0.39 is 40.4 Å². The lowest BCUT2D eigenvalue weighted by atomic mass is 9.93. The van der Waals surface area contributed by atoms with Crippen LogP contribution in [0.5, 0.6) is 0 Å². The lowest BCUT2D eigenvalue weighted by Crippen LogP contribution is -2.42. The largest absolute Gasteiger partial charge is 0.464 e. The van der Waals surface area contributed by atoms with E-state index in [4.69, 9.17) is 4.74 Å². The maximum atomic E-state index is 13.6. The molecule has 3 N–H and O–H groups in total. The van der Waals surface area contributed by atoms with Crippen molar-refractivity contribution < 1.29 is 19.1 Å². The van der Waals surface area contributed by atoms with Crippen LogP contribution in [0.2, 0.25) is 0 Å². The monoisotopic (exact) mass is 491 g/mol. The van der Waals surface area contributed by atoms with Crippen molar-refractivity contribution in [3.8, 4) is 0 Å². The number of amides is 1. The fourth-order valence-electron chi connectivity index (χ4n) is 3.36. The number of aromatic nitrogens is 2. The van der Waals surface area contributed by atoms with Gasteiger partial charge in [-0.25, -0.2) is 9.78 Å². The number of ether oxygens (including phenoxy) is 1. The number of anilines is 1. The van der Waals surface area contributed by atoms with Crippen LogP contribution in [0.3, 0.4) is 0 Å². The van der Waals surface area contributed by atoms with Crippen molar-refractivity contribution in [2.45, 2.75) is 46.1 Å². The molecular formula is C26H29N5O5. The van der Waals surface area contributed by atoms with Crippen LogP contribution in [0.4, 0.5) is 5.69 Å². The first-order chi connectivity index (χ1) is 16.9. The predicted molar refractivity (Wildman–Crippen MR) is 137 cm³/mol. The van der Waals surface area contributed by atoms with Crippen molar-refractivity contribution in [3.05, 3.63) is 69.6 Å². The van der Waals surface area contributed by atoms with Crippen molar-refractivity contribution in [2.24, 2.45) is 5.10 Å². The molecule has 1 unspecified atom stereocenters. The molecule has 10 nitrogen and oxygen atoms in total. The van der Waals surface area contributed by atoms with Crippen LogP contribution >= 0.6 is 0 Å². The van der Waals surface area contributed by atoms with Gasteiger partial charge in [-0.3, -0.25) is 14.4 Å². The number of hydrogen-bond donors (Lipinski definition) is 3. The number of methoxy groups -OCH3 is 1. The summed E-state index contributed by atoms with van der Waals surface area (Å²) in [5.41, 5.74) is 3.44. The second kappa shape index (κ2) is 10.5. The van der Waals surface area contributed by atoms with Gasteiger partial charge in [-0.2, -0.15) is 5.10 Å². The lowest BCUT2D eigenvalue weighted by Gasteiger charge is -2.21. The summed E-state index contributed by atoms with van der Waals surface area (Å²) < 4.78 is 4.86. The fourth-order valence-corrected chi connectivity index (χ4v) is 3.36. The Morgan fingerprint density at radius 1 is 1.08 bits per heavy atom. The Bertz CT molecular complexity index is 1420. The molecule has 0 aliphatic rings. The summed E-state index contributed by atoms with van der Waals surface area (Å²) in [6, 6.07) is 12.1. The predicted octanol–water partition coefficient (Wildman–Crippen LogP) is 2.75. The van der Waals surface area contributed by atoms with Crippen LogP contribution in [0.25, 0.3) is 11.0 Å². The van der Waals surface area contributed by atoms with Crippen LogP contribution in [0, 0.1) is 13.8 Å². The number of aryl methyl sites for hydroxylation is 2. The molecule has 1 heterocycles. The van der Waals surface area contributed by atoms with E-state index in [9.17, 15) is 19.2 Å². The molecule has 3 aromatic rings. The molecule has 0 saturated carbocycles. The highest BCUT2D eigenvalue weighted by Gasteiger charge is 2.39. The van der Waals surface area contributed by atoms with Gasteiger partial charge in [0.15, 0.2) is 5.71 Å². The number of fused-ring (bicyclic) bond motifs is 1. The molecule has 0 aliphatic heterocycles. The third-order valence-electron chi connectivity index (χ3n) is 5.21. The first-order valence-electron chi connectivity index (χ1n) is 11.3. The molecule has 2 aromatic carbocycles. The molecule has 0 bridgehead atoms. The first kappa shape index (κ1) is 26.3. The molecule has 0 aliphatic carbocycles. The lowest BCUT2D eigenvalue weighted by molar-refractivity contribution is -0.136. The van der Waals surface area contributed by atoms with E-state index in [0.717, 1.165) is 18.2 Å². The molecule has 1 aromatic heterocycles. The smallest absolute Gasteiger partial charge is 0.355 e. The summed E-state index contributed by atoms with van der Waals surface area (Å²) in [5.74, 6) is -4.84. The standard InChI is InChI=1S/C26H29N5O5/c1-14-11-12-15(2)18(13-14)29-24(34)22(32)19(21(25(35)36-6)30-31-26(3,4)5)20-23(33)28-17-10-8-7-9-16(17)27-20/h7-13,19,31H,1-6H3,(H,28,33)(H,29,34). The van der Waals surface area contributed by atoms with Crippen molar-refractivity contribution >= 4 is 40.1 Å². The quantitative estimate of drug-likeness (QED) is 0.200. The zero-order valence-corrected chi connectivity index (χ0v) is 21.1. The highest BCUT2D eigenvalue weighted by Crippen LogP contribution is 2.21. The Kier molecular flexibility index (Phi) is 7.67. The number of carbonyl (C=O) groups excluding carboxylic acids is 3. The normalized spacial score (nSPS) is 12.7. The van der Waals surface area contributed by atoms with Crippen molar-refractivity contribution in [2.75, 3.05) is 12.4 Å². The molecule has 0 fully saturated rings. The fraction of sp³-hybridized carbons (Fsp3) is 0.308. The summed E-state index contributed by atoms with van der Waals surface area (Å²) in [7, 11) is 1.12. The number of hydrazone groups is 1. The highest BCUT2D eigenvalue weighted by atomic mass is 16.5. The average Bonchev–Trinajstić information content (AvgIpc) is 2.82. The Morgan fingerprint density at radius 2 is 1.78 bits per heavy atom. The summed E-state index contributed by atoms with van der Waals surface area (Å²) in [6.07, 6.45) is 0. The SMILES string of the molecule is COC(=O)C(=NNC(C)(C)C)C(C(=O)C(=O)Nc1cc(C)ccc1C)c1nc2ccccc2[nH]c1=O. The number of carbonyl (C=O) groups is 3. The van der Waals surface area contributed by atoms with Gasteiger partial charge in [-0.05, 0) is 63.9 Å². The summed E-state index contributed by atoms with van der Waals surface area (Å²) in [6.45, 7) is 8.99. The number of esters is 1. The zero-order valence-electron chi connectivity index (χ0n) is 21.1. The number of H-pyrrole nitrogens is 1. The minimum Gasteiger partial charge on any atom is -0.464 e. The molecule has 188 valence electrons. The number of rotatable bonds is 7. The molecule has 0 spiro atoms. The van der Waals surface area contributed by atoms with Crippen molar-refractivity contribution in [1.82, 2.24) is 15.4 Å². The van der Waals surface area contributed by atoms with E-state index in [1.54, 1.807) is 64.1 Å². The number of hydrogen-bond acceptors (Lipinski definition) is 8. The number of nitrogens with one attached hydrogen (secondary N) is 3. The average molecular weight is 492 g/mol. The third-order valence-corrected chi connectivity index (χ3v) is 5.21. The van der Waals surface area contributed by atoms with E-state index in [0.29, 0.717) is 16.7 Å².